The lowest BCUT2D eigenvalue weighted by molar-refractivity contribution is 0.414. The number of hydrogen-bond acceptors (Lipinski definition) is 5. The molecule has 0 unspecified atom stereocenters. The summed E-state index contributed by atoms with van der Waals surface area (Å²) in [6.45, 7) is 0.787. The summed E-state index contributed by atoms with van der Waals surface area (Å²) in [7, 11) is 1.68. The molecule has 0 fully saturated rings. The summed E-state index contributed by atoms with van der Waals surface area (Å²) in [5, 5.41) is 6.58. The summed E-state index contributed by atoms with van der Waals surface area (Å²) in [5.41, 5.74) is 2.22. The second-order valence-electron chi connectivity index (χ2n) is 5.31. The Morgan fingerprint density at radius 1 is 0.917 bits per heavy atom. The first-order valence-corrected chi connectivity index (χ1v) is 7.84. The second-order valence-corrected chi connectivity index (χ2v) is 5.31. The minimum Gasteiger partial charge on any atom is -0.497 e. The van der Waals surface area contributed by atoms with Gasteiger partial charge >= 0.3 is 0 Å². The van der Waals surface area contributed by atoms with E-state index in [2.05, 4.69) is 26.7 Å². The molecule has 0 amide bonds. The number of aromatic nitrogens is 2. The van der Waals surface area contributed by atoms with E-state index in [-0.39, 0.29) is 0 Å². The van der Waals surface area contributed by atoms with Gasteiger partial charge in [-0.15, -0.1) is 0 Å². The molecular weight excluding hydrogens is 300 g/mol. The van der Waals surface area contributed by atoms with Crippen molar-refractivity contribution in [2.75, 3.05) is 24.3 Å². The summed E-state index contributed by atoms with van der Waals surface area (Å²) in [6.07, 6.45) is 2.45. The molecule has 0 saturated heterocycles. The lowest BCUT2D eigenvalue weighted by atomic mass is 10.1. The van der Waals surface area contributed by atoms with Crippen molar-refractivity contribution in [1.29, 1.82) is 0 Å². The number of hydrogen-bond donors (Lipinski definition) is 2. The Kier molecular flexibility index (Phi) is 5.24. The first kappa shape index (κ1) is 15.8. The molecule has 0 atom stereocenters. The average molecular weight is 320 g/mol. The number of benzene rings is 2. The quantitative estimate of drug-likeness (QED) is 0.692. The highest BCUT2D eigenvalue weighted by Crippen LogP contribution is 2.16. The average Bonchev–Trinajstić information content (AvgIpc) is 2.63. The van der Waals surface area contributed by atoms with Crippen molar-refractivity contribution in [3.8, 4) is 5.75 Å². The van der Waals surface area contributed by atoms with E-state index < -0.39 is 0 Å². The van der Waals surface area contributed by atoms with Gasteiger partial charge in [0.15, 0.2) is 0 Å². The maximum absolute atomic E-state index is 5.24. The van der Waals surface area contributed by atoms with Gasteiger partial charge in [0, 0.05) is 18.3 Å². The maximum atomic E-state index is 5.24. The van der Waals surface area contributed by atoms with E-state index in [1.165, 1.54) is 5.56 Å². The van der Waals surface area contributed by atoms with Gasteiger partial charge in [-0.3, -0.25) is 0 Å². The summed E-state index contributed by atoms with van der Waals surface area (Å²) in [5.74, 6) is 2.44. The molecule has 1 aromatic heterocycles. The third-order valence-electron chi connectivity index (χ3n) is 3.57. The zero-order chi connectivity index (χ0) is 16.6. The van der Waals surface area contributed by atoms with Crippen LogP contribution in [-0.4, -0.2) is 23.6 Å². The number of methoxy groups -OCH3 is 1. The van der Waals surface area contributed by atoms with Crippen LogP contribution in [0.2, 0.25) is 0 Å². The summed E-state index contributed by atoms with van der Waals surface area (Å²) >= 11 is 0. The minimum absolute atomic E-state index is 0.764. The van der Waals surface area contributed by atoms with E-state index in [9.17, 15) is 0 Å². The Balaban J connectivity index is 1.56. The molecule has 1 heterocycles. The maximum Gasteiger partial charge on any atom is 0.135 e. The van der Waals surface area contributed by atoms with Crippen LogP contribution >= 0.6 is 0 Å². The smallest absolute Gasteiger partial charge is 0.135 e. The number of para-hydroxylation sites is 1. The van der Waals surface area contributed by atoms with Gasteiger partial charge < -0.3 is 15.4 Å². The number of anilines is 3. The van der Waals surface area contributed by atoms with Crippen molar-refractivity contribution >= 4 is 17.3 Å². The summed E-state index contributed by atoms with van der Waals surface area (Å²) in [4.78, 5) is 8.50. The topological polar surface area (TPSA) is 59.1 Å². The van der Waals surface area contributed by atoms with Crippen molar-refractivity contribution in [3.05, 3.63) is 72.6 Å². The third kappa shape index (κ3) is 4.46. The van der Waals surface area contributed by atoms with Gasteiger partial charge in [-0.05, 0) is 36.2 Å². The van der Waals surface area contributed by atoms with Crippen molar-refractivity contribution in [1.82, 2.24) is 9.97 Å². The van der Waals surface area contributed by atoms with Crippen LogP contribution in [0.1, 0.15) is 5.56 Å². The molecule has 0 spiro atoms. The zero-order valence-electron chi connectivity index (χ0n) is 13.6. The predicted molar refractivity (Wildman–Crippen MR) is 96.9 cm³/mol. The fourth-order valence-corrected chi connectivity index (χ4v) is 2.35. The monoisotopic (exact) mass is 320 g/mol. The molecule has 0 aliphatic carbocycles. The lowest BCUT2D eigenvalue weighted by Crippen LogP contribution is -2.07. The Bertz CT molecular complexity index is 777. The minimum atomic E-state index is 0.764. The van der Waals surface area contributed by atoms with Crippen LogP contribution in [0.3, 0.4) is 0 Å². The van der Waals surface area contributed by atoms with Crippen LogP contribution in [0, 0.1) is 0 Å². The summed E-state index contributed by atoms with van der Waals surface area (Å²) in [6, 6.07) is 19.9. The van der Waals surface area contributed by atoms with Gasteiger partial charge in [-0.25, -0.2) is 9.97 Å². The van der Waals surface area contributed by atoms with Crippen LogP contribution in [0.4, 0.5) is 17.3 Å². The van der Waals surface area contributed by atoms with E-state index in [1.807, 2.05) is 54.6 Å². The van der Waals surface area contributed by atoms with Gasteiger partial charge in [0.1, 0.15) is 23.7 Å². The van der Waals surface area contributed by atoms with Crippen molar-refractivity contribution in [2.24, 2.45) is 0 Å². The highest BCUT2D eigenvalue weighted by atomic mass is 16.5. The number of ether oxygens (including phenoxy) is 1. The third-order valence-corrected chi connectivity index (χ3v) is 3.57. The molecule has 122 valence electrons. The van der Waals surface area contributed by atoms with Gasteiger partial charge in [0.05, 0.1) is 7.11 Å². The Hall–Kier alpha value is -3.08. The highest BCUT2D eigenvalue weighted by Gasteiger charge is 2.00. The molecule has 5 nitrogen and oxygen atoms in total. The van der Waals surface area contributed by atoms with Crippen LogP contribution in [0.5, 0.6) is 5.75 Å². The molecule has 0 saturated carbocycles. The summed E-state index contributed by atoms with van der Waals surface area (Å²) < 4.78 is 5.24. The van der Waals surface area contributed by atoms with E-state index in [0.717, 1.165) is 36.0 Å². The van der Waals surface area contributed by atoms with Crippen molar-refractivity contribution in [2.45, 2.75) is 6.42 Å². The molecule has 3 aromatic rings. The first-order valence-electron chi connectivity index (χ1n) is 7.84. The van der Waals surface area contributed by atoms with Gasteiger partial charge in [-0.2, -0.15) is 0 Å². The molecule has 2 aromatic carbocycles. The largest absolute Gasteiger partial charge is 0.497 e. The van der Waals surface area contributed by atoms with E-state index >= 15 is 0 Å². The van der Waals surface area contributed by atoms with Crippen molar-refractivity contribution in [3.63, 3.8) is 0 Å². The first-order chi connectivity index (χ1) is 11.8. The van der Waals surface area contributed by atoms with E-state index in [0.29, 0.717) is 0 Å². The fraction of sp³-hybridized carbons (Fsp3) is 0.158. The molecule has 2 N–H and O–H groups in total. The molecule has 5 heteroatoms. The van der Waals surface area contributed by atoms with Crippen LogP contribution in [0.25, 0.3) is 0 Å². The SMILES string of the molecule is COc1cccc(CCNc2cc(Nc3ccccc3)ncn2)c1. The van der Waals surface area contributed by atoms with Crippen molar-refractivity contribution < 1.29 is 4.74 Å². The number of rotatable bonds is 7. The second kappa shape index (κ2) is 7.97. The molecule has 0 bridgehead atoms. The number of nitrogens with zero attached hydrogens (tertiary/aromatic N) is 2. The fourth-order valence-electron chi connectivity index (χ4n) is 2.35. The molecule has 24 heavy (non-hydrogen) atoms. The predicted octanol–water partition coefficient (Wildman–Crippen LogP) is 3.88. The molecular formula is C19H20N4O. The molecule has 0 radical (unpaired) electrons. The zero-order valence-corrected chi connectivity index (χ0v) is 13.6. The highest BCUT2D eigenvalue weighted by molar-refractivity contribution is 5.58. The Labute approximate surface area is 141 Å². The Morgan fingerprint density at radius 3 is 2.58 bits per heavy atom. The van der Waals surface area contributed by atoms with Crippen LogP contribution < -0.4 is 15.4 Å². The molecule has 0 aliphatic heterocycles. The van der Waals surface area contributed by atoms with Gasteiger partial charge in [-0.1, -0.05) is 30.3 Å². The van der Waals surface area contributed by atoms with E-state index in [4.69, 9.17) is 4.74 Å². The molecule has 0 aliphatic rings. The molecule has 3 rings (SSSR count). The normalized spacial score (nSPS) is 10.2. The number of nitrogens with one attached hydrogen (secondary N) is 2. The van der Waals surface area contributed by atoms with Crippen LogP contribution in [-0.2, 0) is 6.42 Å². The van der Waals surface area contributed by atoms with E-state index in [1.54, 1.807) is 13.4 Å². The van der Waals surface area contributed by atoms with Crippen LogP contribution in [0.15, 0.2) is 67.0 Å². The Morgan fingerprint density at radius 2 is 1.75 bits per heavy atom. The van der Waals surface area contributed by atoms with Gasteiger partial charge in [0.2, 0.25) is 0 Å². The van der Waals surface area contributed by atoms with Gasteiger partial charge in [0.25, 0.3) is 0 Å². The lowest BCUT2D eigenvalue weighted by Gasteiger charge is -2.09. The standard InChI is InChI=1S/C19H20N4O/c1-24-17-9-5-6-15(12-17)10-11-20-18-13-19(22-14-21-18)23-16-7-3-2-4-8-16/h2-9,12-14H,10-11H2,1H3,(H2,20,21,22,23).